The fraction of sp³-hybridized carbons (Fsp3) is 0.333. The van der Waals surface area contributed by atoms with Crippen LogP contribution in [-0.2, 0) is 9.84 Å². The maximum absolute atomic E-state index is 11.8. The van der Waals surface area contributed by atoms with Gasteiger partial charge in [0.2, 0.25) is 0 Å². The molecule has 1 atom stereocenters. The third-order valence-electron chi connectivity index (χ3n) is 4.80. The molecule has 2 N–H and O–H groups in total. The van der Waals surface area contributed by atoms with Gasteiger partial charge in [0.15, 0.2) is 9.84 Å². The Labute approximate surface area is 151 Å². The number of aliphatic hydroxyl groups is 1. The van der Waals surface area contributed by atoms with E-state index in [0.29, 0.717) is 6.54 Å². The molecule has 1 saturated carbocycles. The van der Waals surface area contributed by atoms with E-state index in [9.17, 15) is 23.6 Å². The lowest BCUT2D eigenvalue weighted by atomic mass is 9.92. The van der Waals surface area contributed by atoms with Crippen molar-refractivity contribution in [1.29, 1.82) is 0 Å². The van der Waals surface area contributed by atoms with Crippen LogP contribution < -0.4 is 5.32 Å². The van der Waals surface area contributed by atoms with E-state index in [4.69, 9.17) is 0 Å². The summed E-state index contributed by atoms with van der Waals surface area (Å²) < 4.78 is 23.7. The summed E-state index contributed by atoms with van der Waals surface area (Å²) in [5, 5.41) is 25.1. The average Bonchev–Trinajstić information content (AvgIpc) is 3.40. The second-order valence-corrected chi connectivity index (χ2v) is 8.69. The highest BCUT2D eigenvalue weighted by atomic mass is 32.2. The lowest BCUT2D eigenvalue weighted by Gasteiger charge is -2.23. The molecule has 7 nitrogen and oxygen atoms in total. The van der Waals surface area contributed by atoms with Gasteiger partial charge in [-0.1, -0.05) is 36.4 Å². The highest BCUT2D eigenvalue weighted by Gasteiger charge is 2.49. The van der Waals surface area contributed by atoms with Gasteiger partial charge in [-0.25, -0.2) is 8.42 Å². The molecule has 0 amide bonds. The number of nitro groups is 1. The largest absolute Gasteiger partial charge is 0.388 e. The Morgan fingerprint density at radius 2 is 1.85 bits per heavy atom. The van der Waals surface area contributed by atoms with Crippen LogP contribution in [-0.4, -0.2) is 31.2 Å². The Bertz CT molecular complexity index is 924. The summed E-state index contributed by atoms with van der Waals surface area (Å²) in [6.07, 6.45) is 1.83. The summed E-state index contributed by atoms with van der Waals surface area (Å²) in [5.74, 6) is 0. The number of sulfone groups is 1. The fourth-order valence-electron chi connectivity index (χ4n) is 3.12. The highest BCUT2D eigenvalue weighted by Crippen LogP contribution is 2.55. The molecule has 0 spiro atoms. The van der Waals surface area contributed by atoms with E-state index in [1.165, 1.54) is 18.2 Å². The van der Waals surface area contributed by atoms with Gasteiger partial charge >= 0.3 is 5.69 Å². The molecule has 26 heavy (non-hydrogen) atoms. The maximum atomic E-state index is 11.8. The van der Waals surface area contributed by atoms with Gasteiger partial charge in [-0.15, -0.1) is 0 Å². The molecule has 2 aromatic carbocycles. The Morgan fingerprint density at radius 3 is 2.38 bits per heavy atom. The fourth-order valence-corrected chi connectivity index (χ4v) is 3.98. The molecule has 3 rings (SSSR count). The zero-order valence-corrected chi connectivity index (χ0v) is 15.1. The Balaban J connectivity index is 1.85. The van der Waals surface area contributed by atoms with Crippen molar-refractivity contribution in [3.05, 3.63) is 64.2 Å². The third-order valence-corrected chi connectivity index (χ3v) is 5.93. The topological polar surface area (TPSA) is 110 Å². The zero-order valence-electron chi connectivity index (χ0n) is 14.3. The van der Waals surface area contributed by atoms with Crippen LogP contribution in [0.3, 0.4) is 0 Å². The smallest absolute Gasteiger partial charge is 0.310 e. The molecule has 2 aromatic rings. The minimum Gasteiger partial charge on any atom is -0.388 e. The summed E-state index contributed by atoms with van der Waals surface area (Å²) >= 11 is 0. The summed E-state index contributed by atoms with van der Waals surface area (Å²) in [4.78, 5) is 10.4. The molecule has 0 bridgehead atoms. The molecule has 0 aromatic heterocycles. The van der Waals surface area contributed by atoms with Crippen LogP contribution in [0.4, 0.5) is 11.4 Å². The summed E-state index contributed by atoms with van der Waals surface area (Å²) in [5.41, 5.74) is 0.0757. The van der Waals surface area contributed by atoms with Gasteiger partial charge in [0.05, 0.1) is 11.0 Å². The molecule has 1 aliphatic carbocycles. The maximum Gasteiger partial charge on any atom is 0.310 e. The van der Waals surface area contributed by atoms with Crippen LogP contribution in [0.5, 0.6) is 0 Å². The van der Waals surface area contributed by atoms with Gasteiger partial charge < -0.3 is 10.4 Å². The van der Waals surface area contributed by atoms with E-state index in [1.54, 1.807) is 0 Å². The Morgan fingerprint density at radius 1 is 1.19 bits per heavy atom. The predicted octanol–water partition coefficient (Wildman–Crippen LogP) is 2.92. The summed E-state index contributed by atoms with van der Waals surface area (Å²) in [7, 11) is -3.73. The number of nitrogens with zero attached hydrogens (tertiary/aromatic N) is 1. The van der Waals surface area contributed by atoms with Crippen molar-refractivity contribution >= 4 is 21.2 Å². The first-order valence-corrected chi connectivity index (χ1v) is 10.1. The van der Waals surface area contributed by atoms with E-state index in [0.717, 1.165) is 24.7 Å². The average molecular weight is 376 g/mol. The van der Waals surface area contributed by atoms with Gasteiger partial charge in [0.1, 0.15) is 10.6 Å². The highest BCUT2D eigenvalue weighted by molar-refractivity contribution is 7.90. The normalized spacial score (nSPS) is 16.7. The SMILES string of the molecule is CS(=O)(=O)c1cccc(NCC2(C(O)c3ccccc3)CC2)c1[N+](=O)[O-]. The summed E-state index contributed by atoms with van der Waals surface area (Å²) in [6, 6.07) is 13.4. The van der Waals surface area contributed by atoms with Crippen molar-refractivity contribution in [3.8, 4) is 0 Å². The number of hydrogen-bond donors (Lipinski definition) is 2. The number of nitrogens with one attached hydrogen (secondary N) is 1. The van der Waals surface area contributed by atoms with Crippen LogP contribution in [0.25, 0.3) is 0 Å². The second kappa shape index (κ2) is 6.69. The first-order valence-electron chi connectivity index (χ1n) is 8.19. The van der Waals surface area contributed by atoms with E-state index in [1.807, 2.05) is 30.3 Å². The first kappa shape index (κ1) is 18.3. The quantitative estimate of drug-likeness (QED) is 0.568. The molecular weight excluding hydrogens is 356 g/mol. The number of benzene rings is 2. The van der Waals surface area contributed by atoms with Gasteiger partial charge in [-0.2, -0.15) is 0 Å². The summed E-state index contributed by atoms with van der Waals surface area (Å²) in [6.45, 7) is 0.317. The van der Waals surface area contributed by atoms with E-state index in [-0.39, 0.29) is 10.6 Å². The van der Waals surface area contributed by atoms with Gasteiger partial charge in [-0.3, -0.25) is 10.1 Å². The number of hydrogen-bond acceptors (Lipinski definition) is 6. The molecule has 8 heteroatoms. The number of aliphatic hydroxyl groups excluding tert-OH is 1. The van der Waals surface area contributed by atoms with E-state index in [2.05, 4.69) is 5.32 Å². The molecule has 138 valence electrons. The minimum atomic E-state index is -3.73. The van der Waals surface area contributed by atoms with Crippen molar-refractivity contribution < 1.29 is 18.4 Å². The third kappa shape index (κ3) is 3.56. The molecule has 0 heterocycles. The molecule has 1 aliphatic rings. The molecule has 0 saturated heterocycles. The molecule has 1 fully saturated rings. The Kier molecular flexibility index (Phi) is 4.72. The lowest BCUT2D eigenvalue weighted by Crippen LogP contribution is -2.23. The van der Waals surface area contributed by atoms with Crippen molar-refractivity contribution in [2.45, 2.75) is 23.8 Å². The number of anilines is 1. The van der Waals surface area contributed by atoms with Gasteiger partial charge in [0.25, 0.3) is 0 Å². The van der Waals surface area contributed by atoms with Crippen LogP contribution >= 0.6 is 0 Å². The number of nitro benzene ring substituents is 1. The number of rotatable bonds is 7. The molecule has 0 radical (unpaired) electrons. The van der Waals surface area contributed by atoms with Crippen LogP contribution in [0, 0.1) is 15.5 Å². The minimum absolute atomic E-state index is 0.143. The zero-order chi connectivity index (χ0) is 18.9. The van der Waals surface area contributed by atoms with E-state index < -0.39 is 32.0 Å². The van der Waals surface area contributed by atoms with E-state index >= 15 is 0 Å². The van der Waals surface area contributed by atoms with Gasteiger partial charge in [0, 0.05) is 18.2 Å². The van der Waals surface area contributed by atoms with Crippen molar-refractivity contribution in [3.63, 3.8) is 0 Å². The second-order valence-electron chi connectivity index (χ2n) is 6.71. The lowest BCUT2D eigenvalue weighted by molar-refractivity contribution is -0.386. The standard InChI is InChI=1S/C18H20N2O5S/c1-26(24,25)15-9-5-8-14(16(15)20(22)23)19-12-18(10-11-18)17(21)13-6-3-2-4-7-13/h2-9,17,19,21H,10-12H2,1H3. The van der Waals surface area contributed by atoms with Gasteiger partial charge in [-0.05, 0) is 30.5 Å². The van der Waals surface area contributed by atoms with Crippen LogP contribution in [0.15, 0.2) is 53.4 Å². The van der Waals surface area contributed by atoms with Crippen molar-refractivity contribution in [2.24, 2.45) is 5.41 Å². The van der Waals surface area contributed by atoms with Crippen LogP contribution in [0.2, 0.25) is 0 Å². The predicted molar refractivity (Wildman–Crippen MR) is 97.8 cm³/mol. The monoisotopic (exact) mass is 376 g/mol. The van der Waals surface area contributed by atoms with Crippen molar-refractivity contribution in [1.82, 2.24) is 0 Å². The molecular formula is C18H20N2O5S. The molecule has 1 unspecified atom stereocenters. The van der Waals surface area contributed by atoms with Crippen molar-refractivity contribution in [2.75, 3.05) is 18.1 Å². The molecule has 0 aliphatic heterocycles. The first-order chi connectivity index (χ1) is 12.2. The van der Waals surface area contributed by atoms with Crippen LogP contribution in [0.1, 0.15) is 24.5 Å². The number of para-hydroxylation sites is 1. The Hall–Kier alpha value is -2.45.